The van der Waals surface area contributed by atoms with Crippen molar-refractivity contribution in [3.63, 3.8) is 0 Å². The molecule has 0 saturated heterocycles. The molecule has 0 heterocycles. The summed E-state index contributed by atoms with van der Waals surface area (Å²) in [4.78, 5) is 1.19. The summed E-state index contributed by atoms with van der Waals surface area (Å²) in [5.41, 5.74) is 0. The fraction of sp³-hybridized carbons (Fsp3) is 0.263. The molecule has 1 atom stereocenters. The normalized spacial score (nSPS) is 13.1. The van der Waals surface area contributed by atoms with Gasteiger partial charge in [0.1, 0.15) is 11.9 Å². The summed E-state index contributed by atoms with van der Waals surface area (Å²) < 4.78 is 6.36. The summed E-state index contributed by atoms with van der Waals surface area (Å²) >= 11 is 1.71. The van der Waals surface area contributed by atoms with Crippen LogP contribution in [0.4, 0.5) is 0 Å². The summed E-state index contributed by atoms with van der Waals surface area (Å²) in [5, 5.41) is 5.55. The minimum absolute atomic E-state index is 0.0336. The zero-order valence-corrected chi connectivity index (χ0v) is 14.0. The number of thioether (sulfide) groups is 1. The fourth-order valence-electron chi connectivity index (χ4n) is 2.41. The second kappa shape index (κ2) is 8.66. The van der Waals surface area contributed by atoms with Crippen molar-refractivity contribution in [3.8, 4) is 5.75 Å². The molecule has 2 rings (SSSR count). The standard InChI is InChI=1S/C19H23NOS/c1-4-8-19(22-3)18(13-14-20-2)21-17-12-7-10-15-9-5-6-11-16(15)17/h4-12,18,20H,1,13-14H2,2-3H3/b19-8-/t18-/m0/s1. The van der Waals surface area contributed by atoms with Gasteiger partial charge in [-0.3, -0.25) is 0 Å². The number of ether oxygens (including phenoxy) is 1. The molecule has 2 nitrogen and oxygen atoms in total. The second-order valence-electron chi connectivity index (χ2n) is 4.98. The highest BCUT2D eigenvalue weighted by Gasteiger charge is 2.16. The molecule has 0 aliphatic rings. The summed E-state index contributed by atoms with van der Waals surface area (Å²) in [6.45, 7) is 4.71. The summed E-state index contributed by atoms with van der Waals surface area (Å²) in [7, 11) is 1.96. The van der Waals surface area contributed by atoms with Crippen LogP contribution in [0.5, 0.6) is 5.75 Å². The van der Waals surface area contributed by atoms with Gasteiger partial charge in [-0.25, -0.2) is 0 Å². The molecule has 116 valence electrons. The molecule has 0 bridgehead atoms. The highest BCUT2D eigenvalue weighted by atomic mass is 32.2. The Balaban J connectivity index is 2.32. The lowest BCUT2D eigenvalue weighted by atomic mass is 10.1. The first kappa shape index (κ1) is 16.7. The molecule has 0 unspecified atom stereocenters. The Morgan fingerprint density at radius 3 is 2.77 bits per heavy atom. The first-order valence-corrected chi connectivity index (χ1v) is 8.68. The van der Waals surface area contributed by atoms with Crippen molar-refractivity contribution in [2.75, 3.05) is 19.8 Å². The number of nitrogens with one attached hydrogen (secondary N) is 1. The Hall–Kier alpha value is -1.71. The molecular weight excluding hydrogens is 290 g/mol. The van der Waals surface area contributed by atoms with E-state index in [1.807, 2.05) is 37.4 Å². The van der Waals surface area contributed by atoms with Crippen LogP contribution in [0.15, 0.2) is 66.1 Å². The van der Waals surface area contributed by atoms with Crippen LogP contribution in [0.3, 0.4) is 0 Å². The van der Waals surface area contributed by atoms with E-state index in [1.54, 1.807) is 11.8 Å². The third kappa shape index (κ3) is 4.15. The number of rotatable bonds is 8. The molecule has 0 spiro atoms. The molecule has 1 N–H and O–H groups in total. The van der Waals surface area contributed by atoms with Gasteiger partial charge in [0.25, 0.3) is 0 Å². The monoisotopic (exact) mass is 313 g/mol. The van der Waals surface area contributed by atoms with Gasteiger partial charge in [0.15, 0.2) is 0 Å². The molecule has 2 aromatic rings. The van der Waals surface area contributed by atoms with Crippen LogP contribution in [0, 0.1) is 0 Å². The van der Waals surface area contributed by atoms with Gasteiger partial charge in [0.2, 0.25) is 0 Å². The highest BCUT2D eigenvalue weighted by molar-refractivity contribution is 8.02. The molecule has 0 fully saturated rings. The topological polar surface area (TPSA) is 21.3 Å². The van der Waals surface area contributed by atoms with Gasteiger partial charge < -0.3 is 10.1 Å². The van der Waals surface area contributed by atoms with E-state index in [9.17, 15) is 0 Å². The van der Waals surface area contributed by atoms with Gasteiger partial charge in [0, 0.05) is 16.7 Å². The quantitative estimate of drug-likeness (QED) is 0.718. The van der Waals surface area contributed by atoms with Crippen molar-refractivity contribution in [1.82, 2.24) is 5.32 Å². The maximum absolute atomic E-state index is 6.36. The van der Waals surface area contributed by atoms with E-state index in [1.165, 1.54) is 10.3 Å². The van der Waals surface area contributed by atoms with Crippen LogP contribution < -0.4 is 10.1 Å². The molecule has 0 radical (unpaired) electrons. The van der Waals surface area contributed by atoms with E-state index in [0.29, 0.717) is 0 Å². The molecule has 22 heavy (non-hydrogen) atoms. The van der Waals surface area contributed by atoms with Gasteiger partial charge in [-0.15, -0.1) is 11.8 Å². The van der Waals surface area contributed by atoms with Crippen LogP contribution >= 0.6 is 11.8 Å². The van der Waals surface area contributed by atoms with Crippen LogP contribution in [-0.2, 0) is 0 Å². The van der Waals surface area contributed by atoms with Crippen molar-refractivity contribution < 1.29 is 4.74 Å². The first-order valence-electron chi connectivity index (χ1n) is 7.45. The average molecular weight is 313 g/mol. The van der Waals surface area contributed by atoms with Gasteiger partial charge >= 0.3 is 0 Å². The molecule has 2 aromatic carbocycles. The molecule has 0 aliphatic carbocycles. The maximum Gasteiger partial charge on any atom is 0.131 e. The van der Waals surface area contributed by atoms with Gasteiger partial charge in [-0.1, -0.05) is 49.1 Å². The maximum atomic E-state index is 6.36. The fourth-order valence-corrected chi connectivity index (χ4v) is 3.07. The van der Waals surface area contributed by atoms with Crippen LogP contribution in [0.1, 0.15) is 6.42 Å². The van der Waals surface area contributed by atoms with E-state index in [2.05, 4.69) is 42.4 Å². The van der Waals surface area contributed by atoms with E-state index < -0.39 is 0 Å². The molecule has 0 aromatic heterocycles. The Morgan fingerprint density at radius 1 is 1.27 bits per heavy atom. The Labute approximate surface area is 137 Å². The summed E-state index contributed by atoms with van der Waals surface area (Å²) in [6, 6.07) is 14.5. The van der Waals surface area contributed by atoms with E-state index >= 15 is 0 Å². The second-order valence-corrected chi connectivity index (χ2v) is 5.86. The van der Waals surface area contributed by atoms with E-state index in [4.69, 9.17) is 4.74 Å². The Kier molecular flexibility index (Phi) is 6.56. The predicted molar refractivity (Wildman–Crippen MR) is 98.7 cm³/mol. The summed E-state index contributed by atoms with van der Waals surface area (Å²) in [5.74, 6) is 0.934. The zero-order valence-electron chi connectivity index (χ0n) is 13.2. The zero-order chi connectivity index (χ0) is 15.8. The highest BCUT2D eigenvalue weighted by Crippen LogP contribution is 2.30. The number of fused-ring (bicyclic) bond motifs is 1. The SMILES string of the molecule is C=C/C=C(\SC)[C@H](CCNC)Oc1cccc2ccccc12. The van der Waals surface area contributed by atoms with Crippen LogP contribution in [0.2, 0.25) is 0 Å². The number of allylic oxidation sites excluding steroid dienone is 2. The largest absolute Gasteiger partial charge is 0.485 e. The Morgan fingerprint density at radius 2 is 2.05 bits per heavy atom. The van der Waals surface area contributed by atoms with Crippen molar-refractivity contribution in [1.29, 1.82) is 0 Å². The lowest BCUT2D eigenvalue weighted by Crippen LogP contribution is -2.23. The van der Waals surface area contributed by atoms with Crippen LogP contribution in [-0.4, -0.2) is 26.0 Å². The molecular formula is C19H23NOS. The van der Waals surface area contributed by atoms with Gasteiger partial charge in [0.05, 0.1) is 0 Å². The molecule has 0 amide bonds. The third-order valence-corrected chi connectivity index (χ3v) is 4.38. The predicted octanol–water partition coefficient (Wildman–Crippen LogP) is 4.63. The Bertz CT molecular complexity index is 645. The number of hydrogen-bond donors (Lipinski definition) is 1. The van der Waals surface area contributed by atoms with Crippen molar-refractivity contribution in [2.24, 2.45) is 0 Å². The van der Waals surface area contributed by atoms with Gasteiger partial charge in [-0.2, -0.15) is 0 Å². The first-order chi connectivity index (χ1) is 10.8. The van der Waals surface area contributed by atoms with Crippen LogP contribution in [0.25, 0.3) is 10.8 Å². The average Bonchev–Trinajstić information content (AvgIpc) is 2.57. The minimum atomic E-state index is 0.0336. The number of benzene rings is 2. The molecule has 0 saturated carbocycles. The smallest absolute Gasteiger partial charge is 0.131 e. The summed E-state index contributed by atoms with van der Waals surface area (Å²) in [6.07, 6.45) is 6.89. The van der Waals surface area contributed by atoms with E-state index in [-0.39, 0.29) is 6.10 Å². The minimum Gasteiger partial charge on any atom is -0.485 e. The van der Waals surface area contributed by atoms with Crippen molar-refractivity contribution >= 4 is 22.5 Å². The molecule has 0 aliphatic heterocycles. The van der Waals surface area contributed by atoms with Gasteiger partial charge in [-0.05, 0) is 37.4 Å². The van der Waals surface area contributed by atoms with Crippen molar-refractivity contribution in [2.45, 2.75) is 12.5 Å². The van der Waals surface area contributed by atoms with E-state index in [0.717, 1.165) is 24.1 Å². The third-order valence-electron chi connectivity index (χ3n) is 3.51. The molecule has 3 heteroatoms. The van der Waals surface area contributed by atoms with Crippen molar-refractivity contribution in [3.05, 3.63) is 66.1 Å². The lowest BCUT2D eigenvalue weighted by molar-refractivity contribution is 0.237. The number of hydrogen-bond acceptors (Lipinski definition) is 3. The lowest BCUT2D eigenvalue weighted by Gasteiger charge is -2.22.